The first kappa shape index (κ1) is 14.9. The minimum atomic E-state index is 0.0640. The van der Waals surface area contributed by atoms with Gasteiger partial charge in [-0.2, -0.15) is 0 Å². The summed E-state index contributed by atoms with van der Waals surface area (Å²) in [5.41, 5.74) is 0.829. The van der Waals surface area contributed by atoms with Crippen molar-refractivity contribution in [3.05, 3.63) is 24.3 Å². The molecule has 1 fully saturated rings. The van der Waals surface area contributed by atoms with Gasteiger partial charge >= 0.3 is 0 Å². The average Bonchev–Trinajstić information content (AvgIpc) is 2.47. The molecule has 0 bridgehead atoms. The van der Waals surface area contributed by atoms with Crippen LogP contribution in [0.4, 0.5) is 5.69 Å². The van der Waals surface area contributed by atoms with E-state index < -0.39 is 0 Å². The molecule has 0 unspecified atom stereocenters. The molecule has 0 saturated carbocycles. The fourth-order valence-electron chi connectivity index (χ4n) is 2.38. The number of carbonyl (C=O) groups is 1. The lowest BCUT2D eigenvalue weighted by atomic mass is 10.1. The van der Waals surface area contributed by atoms with Gasteiger partial charge in [-0.1, -0.05) is 13.3 Å². The van der Waals surface area contributed by atoms with E-state index in [2.05, 4.69) is 17.1 Å². The van der Waals surface area contributed by atoms with Crippen molar-refractivity contribution in [3.63, 3.8) is 0 Å². The van der Waals surface area contributed by atoms with E-state index in [9.17, 15) is 4.79 Å². The van der Waals surface area contributed by atoms with E-state index in [-0.39, 0.29) is 5.91 Å². The molecule has 2 rings (SSSR count). The van der Waals surface area contributed by atoms with Crippen LogP contribution < -0.4 is 10.1 Å². The number of hydrogen-bond donors (Lipinski definition) is 1. The summed E-state index contributed by atoms with van der Waals surface area (Å²) in [6.45, 7) is 5.37. The Morgan fingerprint density at radius 3 is 2.55 bits per heavy atom. The second-order valence-electron chi connectivity index (χ2n) is 5.26. The van der Waals surface area contributed by atoms with Crippen LogP contribution in [0.2, 0.25) is 0 Å². The number of hydrogen-bond acceptors (Lipinski definition) is 3. The van der Waals surface area contributed by atoms with Crippen molar-refractivity contribution < 1.29 is 9.53 Å². The number of nitrogens with zero attached hydrogens (tertiary/aromatic N) is 1. The number of piperidine rings is 1. The first-order valence-corrected chi connectivity index (χ1v) is 7.53. The molecule has 1 aromatic rings. The SMILES string of the molecule is CCCOc1ccc(NC(=O)CN2CCCCC2)cc1. The van der Waals surface area contributed by atoms with E-state index in [1.807, 2.05) is 24.3 Å². The molecular weight excluding hydrogens is 252 g/mol. The fourth-order valence-corrected chi connectivity index (χ4v) is 2.38. The van der Waals surface area contributed by atoms with Gasteiger partial charge in [-0.15, -0.1) is 0 Å². The van der Waals surface area contributed by atoms with Crippen LogP contribution in [0.15, 0.2) is 24.3 Å². The average molecular weight is 276 g/mol. The normalized spacial score (nSPS) is 15.8. The molecule has 1 aliphatic heterocycles. The fraction of sp³-hybridized carbons (Fsp3) is 0.562. The van der Waals surface area contributed by atoms with Gasteiger partial charge in [0.25, 0.3) is 0 Å². The smallest absolute Gasteiger partial charge is 0.238 e. The van der Waals surface area contributed by atoms with Gasteiger partial charge in [0.2, 0.25) is 5.91 Å². The van der Waals surface area contributed by atoms with E-state index in [0.29, 0.717) is 6.54 Å². The van der Waals surface area contributed by atoms with Crippen LogP contribution in [0.3, 0.4) is 0 Å². The molecule has 0 spiro atoms. The summed E-state index contributed by atoms with van der Waals surface area (Å²) in [6, 6.07) is 7.57. The van der Waals surface area contributed by atoms with Crippen LogP contribution in [0.25, 0.3) is 0 Å². The lowest BCUT2D eigenvalue weighted by Gasteiger charge is -2.25. The summed E-state index contributed by atoms with van der Waals surface area (Å²) < 4.78 is 5.52. The molecule has 1 aromatic carbocycles. The number of rotatable bonds is 6. The van der Waals surface area contributed by atoms with Gasteiger partial charge in [0.15, 0.2) is 0 Å². The van der Waals surface area contributed by atoms with Crippen LogP contribution in [0, 0.1) is 0 Å². The molecule has 1 heterocycles. The number of ether oxygens (including phenoxy) is 1. The predicted molar refractivity (Wildman–Crippen MR) is 81.1 cm³/mol. The first-order valence-electron chi connectivity index (χ1n) is 7.53. The second kappa shape index (κ2) is 7.90. The highest BCUT2D eigenvalue weighted by Crippen LogP contribution is 2.16. The molecule has 0 atom stereocenters. The number of amides is 1. The minimum absolute atomic E-state index is 0.0640. The Kier molecular flexibility index (Phi) is 5.87. The third-order valence-corrected chi connectivity index (χ3v) is 3.43. The molecule has 0 radical (unpaired) electrons. The number of nitrogens with one attached hydrogen (secondary N) is 1. The van der Waals surface area contributed by atoms with Crippen molar-refractivity contribution in [3.8, 4) is 5.75 Å². The topological polar surface area (TPSA) is 41.6 Å². The van der Waals surface area contributed by atoms with Gasteiger partial charge in [-0.3, -0.25) is 9.69 Å². The highest BCUT2D eigenvalue weighted by Gasteiger charge is 2.13. The van der Waals surface area contributed by atoms with Crippen molar-refractivity contribution in [1.82, 2.24) is 4.90 Å². The summed E-state index contributed by atoms with van der Waals surface area (Å²) in [7, 11) is 0. The summed E-state index contributed by atoms with van der Waals surface area (Å²) in [5.74, 6) is 0.912. The molecule has 1 N–H and O–H groups in total. The van der Waals surface area contributed by atoms with Gasteiger partial charge in [0.05, 0.1) is 13.2 Å². The molecule has 110 valence electrons. The maximum Gasteiger partial charge on any atom is 0.238 e. The zero-order chi connectivity index (χ0) is 14.2. The van der Waals surface area contributed by atoms with Crippen LogP contribution >= 0.6 is 0 Å². The maximum atomic E-state index is 12.0. The van der Waals surface area contributed by atoms with Crippen molar-refractivity contribution in [2.75, 3.05) is 31.6 Å². The van der Waals surface area contributed by atoms with E-state index in [0.717, 1.165) is 37.6 Å². The van der Waals surface area contributed by atoms with E-state index in [1.54, 1.807) is 0 Å². The second-order valence-corrected chi connectivity index (χ2v) is 5.26. The largest absolute Gasteiger partial charge is 0.494 e. The van der Waals surface area contributed by atoms with Gasteiger partial charge in [-0.05, 0) is 56.6 Å². The predicted octanol–water partition coefficient (Wildman–Crippen LogP) is 2.90. The highest BCUT2D eigenvalue weighted by atomic mass is 16.5. The highest BCUT2D eigenvalue weighted by molar-refractivity contribution is 5.92. The zero-order valence-electron chi connectivity index (χ0n) is 12.2. The summed E-state index contributed by atoms with van der Waals surface area (Å²) in [6.07, 6.45) is 4.69. The number of likely N-dealkylation sites (tertiary alicyclic amines) is 1. The molecule has 20 heavy (non-hydrogen) atoms. The standard InChI is InChI=1S/C16H24N2O2/c1-2-12-20-15-8-6-14(7-9-15)17-16(19)13-18-10-4-3-5-11-18/h6-9H,2-5,10-13H2,1H3,(H,17,19). The lowest BCUT2D eigenvalue weighted by molar-refractivity contribution is -0.117. The number of anilines is 1. The monoisotopic (exact) mass is 276 g/mol. The lowest BCUT2D eigenvalue weighted by Crippen LogP contribution is -2.36. The van der Waals surface area contributed by atoms with Gasteiger partial charge in [-0.25, -0.2) is 0 Å². The molecular formula is C16H24N2O2. The third-order valence-electron chi connectivity index (χ3n) is 3.43. The summed E-state index contributed by atoms with van der Waals surface area (Å²) in [5, 5.41) is 2.94. The Bertz CT molecular complexity index is 411. The third kappa shape index (κ3) is 4.85. The Hall–Kier alpha value is -1.55. The maximum absolute atomic E-state index is 12.0. The summed E-state index contributed by atoms with van der Waals surface area (Å²) in [4.78, 5) is 14.2. The van der Waals surface area contributed by atoms with Crippen LogP contribution in [0.1, 0.15) is 32.6 Å². The van der Waals surface area contributed by atoms with Gasteiger partial charge in [0, 0.05) is 5.69 Å². The van der Waals surface area contributed by atoms with Gasteiger partial charge < -0.3 is 10.1 Å². The first-order chi connectivity index (χ1) is 9.78. The molecule has 1 aliphatic rings. The Morgan fingerprint density at radius 1 is 1.20 bits per heavy atom. The minimum Gasteiger partial charge on any atom is -0.494 e. The van der Waals surface area contributed by atoms with E-state index >= 15 is 0 Å². The Labute approximate surface area is 121 Å². The van der Waals surface area contributed by atoms with Crippen molar-refractivity contribution >= 4 is 11.6 Å². The molecule has 0 aliphatic carbocycles. The van der Waals surface area contributed by atoms with Crippen molar-refractivity contribution in [2.24, 2.45) is 0 Å². The quantitative estimate of drug-likeness (QED) is 0.868. The summed E-state index contributed by atoms with van der Waals surface area (Å²) >= 11 is 0. The number of benzene rings is 1. The van der Waals surface area contributed by atoms with E-state index in [1.165, 1.54) is 19.3 Å². The van der Waals surface area contributed by atoms with E-state index in [4.69, 9.17) is 4.74 Å². The van der Waals surface area contributed by atoms with Crippen molar-refractivity contribution in [2.45, 2.75) is 32.6 Å². The molecule has 0 aromatic heterocycles. The van der Waals surface area contributed by atoms with Gasteiger partial charge in [0.1, 0.15) is 5.75 Å². The van der Waals surface area contributed by atoms with Crippen LogP contribution in [-0.2, 0) is 4.79 Å². The molecule has 1 saturated heterocycles. The Balaban J connectivity index is 1.78. The van der Waals surface area contributed by atoms with Crippen molar-refractivity contribution in [1.29, 1.82) is 0 Å². The molecule has 1 amide bonds. The number of carbonyl (C=O) groups excluding carboxylic acids is 1. The Morgan fingerprint density at radius 2 is 1.90 bits per heavy atom. The molecule has 4 heteroatoms. The zero-order valence-corrected chi connectivity index (χ0v) is 12.2. The van der Waals surface area contributed by atoms with Crippen LogP contribution in [-0.4, -0.2) is 37.0 Å². The van der Waals surface area contributed by atoms with Crippen LogP contribution in [0.5, 0.6) is 5.75 Å². The molecule has 4 nitrogen and oxygen atoms in total.